The standard InChI is InChI=1S/C20H26FN5O/c1-24-8-10-26(11-9-24)19-7-6-17(13-22-19)14-23-20(27)25(2)15-16-4-3-5-18(21)12-16/h3-7,12-13H,8-11,14-15H2,1-2H3,(H,23,27). The highest BCUT2D eigenvalue weighted by atomic mass is 19.1. The van der Waals surface area contributed by atoms with E-state index < -0.39 is 0 Å². The summed E-state index contributed by atoms with van der Waals surface area (Å²) in [5.41, 5.74) is 1.70. The summed E-state index contributed by atoms with van der Waals surface area (Å²) >= 11 is 0. The van der Waals surface area contributed by atoms with Gasteiger partial charge in [0.2, 0.25) is 0 Å². The maximum absolute atomic E-state index is 13.2. The van der Waals surface area contributed by atoms with Crippen LogP contribution >= 0.6 is 0 Å². The van der Waals surface area contributed by atoms with E-state index in [2.05, 4.69) is 27.1 Å². The zero-order valence-electron chi connectivity index (χ0n) is 15.9. The Balaban J connectivity index is 1.48. The molecule has 1 N–H and O–H groups in total. The van der Waals surface area contributed by atoms with Crippen LogP contribution in [0.15, 0.2) is 42.6 Å². The van der Waals surface area contributed by atoms with E-state index in [-0.39, 0.29) is 11.8 Å². The molecule has 0 radical (unpaired) electrons. The molecule has 0 aliphatic carbocycles. The third-order valence-electron chi connectivity index (χ3n) is 4.74. The van der Waals surface area contributed by atoms with Crippen LogP contribution < -0.4 is 10.2 Å². The molecule has 0 saturated carbocycles. The van der Waals surface area contributed by atoms with Gasteiger partial charge >= 0.3 is 6.03 Å². The monoisotopic (exact) mass is 371 g/mol. The third kappa shape index (κ3) is 5.40. The number of urea groups is 1. The van der Waals surface area contributed by atoms with Gasteiger partial charge < -0.3 is 20.0 Å². The lowest BCUT2D eigenvalue weighted by Gasteiger charge is -2.33. The second-order valence-corrected chi connectivity index (χ2v) is 6.96. The number of halogens is 1. The maximum atomic E-state index is 13.2. The van der Waals surface area contributed by atoms with Crippen molar-refractivity contribution in [1.82, 2.24) is 20.1 Å². The lowest BCUT2D eigenvalue weighted by Crippen LogP contribution is -2.44. The molecule has 1 aromatic carbocycles. The van der Waals surface area contributed by atoms with Gasteiger partial charge in [0.05, 0.1) is 0 Å². The second-order valence-electron chi connectivity index (χ2n) is 6.96. The van der Waals surface area contributed by atoms with Crippen molar-refractivity contribution in [3.8, 4) is 0 Å². The van der Waals surface area contributed by atoms with Crippen LogP contribution in [0, 0.1) is 5.82 Å². The van der Waals surface area contributed by atoms with E-state index in [1.807, 2.05) is 12.1 Å². The fraction of sp³-hybridized carbons (Fsp3) is 0.400. The quantitative estimate of drug-likeness (QED) is 0.876. The van der Waals surface area contributed by atoms with Crippen molar-refractivity contribution in [3.63, 3.8) is 0 Å². The SMILES string of the molecule is CN1CCN(c2ccc(CNC(=O)N(C)Cc3cccc(F)c3)cn2)CC1. The number of anilines is 1. The normalized spacial score (nSPS) is 14.9. The molecule has 1 aliphatic rings. The number of aromatic nitrogens is 1. The maximum Gasteiger partial charge on any atom is 0.317 e. The van der Waals surface area contributed by atoms with E-state index in [1.54, 1.807) is 25.4 Å². The number of likely N-dealkylation sites (N-methyl/N-ethyl adjacent to an activating group) is 1. The van der Waals surface area contributed by atoms with E-state index in [1.165, 1.54) is 17.0 Å². The van der Waals surface area contributed by atoms with Crippen LogP contribution in [0.2, 0.25) is 0 Å². The summed E-state index contributed by atoms with van der Waals surface area (Å²) in [6.07, 6.45) is 1.81. The molecule has 6 nitrogen and oxygen atoms in total. The Morgan fingerprint density at radius 2 is 1.96 bits per heavy atom. The third-order valence-corrected chi connectivity index (χ3v) is 4.74. The number of carbonyl (C=O) groups excluding carboxylic acids is 1. The molecule has 3 rings (SSSR count). The van der Waals surface area contributed by atoms with Crippen LogP contribution in [0.1, 0.15) is 11.1 Å². The van der Waals surface area contributed by atoms with Gasteiger partial charge in [-0.2, -0.15) is 0 Å². The highest BCUT2D eigenvalue weighted by Gasteiger charge is 2.15. The molecule has 1 saturated heterocycles. The van der Waals surface area contributed by atoms with Gasteiger partial charge in [0, 0.05) is 52.5 Å². The van der Waals surface area contributed by atoms with Gasteiger partial charge in [-0.1, -0.05) is 18.2 Å². The molecule has 2 aromatic rings. The van der Waals surface area contributed by atoms with Gasteiger partial charge in [-0.15, -0.1) is 0 Å². The molecule has 1 aromatic heterocycles. The number of pyridine rings is 1. The fourth-order valence-electron chi connectivity index (χ4n) is 3.04. The van der Waals surface area contributed by atoms with E-state index in [9.17, 15) is 9.18 Å². The lowest BCUT2D eigenvalue weighted by atomic mass is 10.2. The summed E-state index contributed by atoms with van der Waals surface area (Å²) in [6, 6.07) is 10.1. The molecule has 0 atom stereocenters. The number of benzene rings is 1. The minimum atomic E-state index is -0.298. The highest BCUT2D eigenvalue weighted by molar-refractivity contribution is 5.73. The molecule has 7 heteroatoms. The number of nitrogens with zero attached hydrogens (tertiary/aromatic N) is 4. The van der Waals surface area contributed by atoms with E-state index >= 15 is 0 Å². The molecule has 2 amide bonds. The Morgan fingerprint density at radius 3 is 2.63 bits per heavy atom. The predicted molar refractivity (Wildman–Crippen MR) is 104 cm³/mol. The number of piperazine rings is 1. The molecule has 1 fully saturated rings. The van der Waals surface area contributed by atoms with Crippen molar-refractivity contribution >= 4 is 11.8 Å². The molecule has 0 unspecified atom stereocenters. The number of amides is 2. The van der Waals surface area contributed by atoms with Crippen LogP contribution in [0.25, 0.3) is 0 Å². The molecule has 0 bridgehead atoms. The van der Waals surface area contributed by atoms with Crippen molar-refractivity contribution < 1.29 is 9.18 Å². The highest BCUT2D eigenvalue weighted by Crippen LogP contribution is 2.13. The summed E-state index contributed by atoms with van der Waals surface area (Å²) < 4.78 is 13.2. The fourth-order valence-corrected chi connectivity index (χ4v) is 3.04. The number of rotatable bonds is 5. The van der Waals surface area contributed by atoms with Crippen LogP contribution in [-0.4, -0.2) is 61.1 Å². The Bertz CT molecular complexity index is 759. The molecule has 0 spiro atoms. The Kier molecular flexibility index (Phi) is 6.24. The van der Waals surface area contributed by atoms with E-state index in [4.69, 9.17) is 0 Å². The van der Waals surface area contributed by atoms with Crippen molar-refractivity contribution in [3.05, 3.63) is 59.5 Å². The van der Waals surface area contributed by atoms with Crippen molar-refractivity contribution in [1.29, 1.82) is 0 Å². The number of hydrogen-bond acceptors (Lipinski definition) is 4. The second kappa shape index (κ2) is 8.81. The molecule has 27 heavy (non-hydrogen) atoms. The van der Waals surface area contributed by atoms with E-state index in [0.29, 0.717) is 13.1 Å². The minimum absolute atomic E-state index is 0.206. The molecule has 1 aliphatic heterocycles. The first-order valence-corrected chi connectivity index (χ1v) is 9.13. The van der Waals surface area contributed by atoms with Crippen LogP contribution in [0.3, 0.4) is 0 Å². The number of carbonyl (C=O) groups is 1. The largest absolute Gasteiger partial charge is 0.354 e. The van der Waals surface area contributed by atoms with Gasteiger partial charge in [-0.05, 0) is 36.4 Å². The first-order valence-electron chi connectivity index (χ1n) is 9.13. The Morgan fingerprint density at radius 1 is 1.19 bits per heavy atom. The van der Waals surface area contributed by atoms with Gasteiger partial charge in [0.25, 0.3) is 0 Å². The Labute approximate surface area is 159 Å². The predicted octanol–water partition coefficient (Wildman–Crippen LogP) is 2.31. The average Bonchev–Trinajstić information content (AvgIpc) is 2.67. The minimum Gasteiger partial charge on any atom is -0.354 e. The molecular formula is C20H26FN5O. The Hall–Kier alpha value is -2.67. The molecule has 144 valence electrons. The first-order chi connectivity index (χ1) is 13.0. The van der Waals surface area contributed by atoms with E-state index in [0.717, 1.165) is 43.1 Å². The van der Waals surface area contributed by atoms with Crippen LogP contribution in [0.5, 0.6) is 0 Å². The molecular weight excluding hydrogens is 345 g/mol. The van der Waals surface area contributed by atoms with Gasteiger partial charge in [0.1, 0.15) is 11.6 Å². The average molecular weight is 371 g/mol. The van der Waals surface area contributed by atoms with Gasteiger partial charge in [-0.3, -0.25) is 0 Å². The topological polar surface area (TPSA) is 51.7 Å². The van der Waals surface area contributed by atoms with Crippen molar-refractivity contribution in [2.24, 2.45) is 0 Å². The number of hydrogen-bond donors (Lipinski definition) is 1. The van der Waals surface area contributed by atoms with Crippen molar-refractivity contribution in [2.45, 2.75) is 13.1 Å². The summed E-state index contributed by atoms with van der Waals surface area (Å²) in [5, 5.41) is 2.87. The number of nitrogens with one attached hydrogen (secondary N) is 1. The smallest absolute Gasteiger partial charge is 0.317 e. The van der Waals surface area contributed by atoms with Crippen LogP contribution in [-0.2, 0) is 13.1 Å². The van der Waals surface area contributed by atoms with Crippen molar-refractivity contribution in [2.75, 3.05) is 45.2 Å². The van der Waals surface area contributed by atoms with Gasteiger partial charge in [-0.25, -0.2) is 14.2 Å². The molecule has 2 heterocycles. The van der Waals surface area contributed by atoms with Gasteiger partial charge in [0.15, 0.2) is 0 Å². The summed E-state index contributed by atoms with van der Waals surface area (Å²) in [5.74, 6) is 0.675. The first kappa shape index (κ1) is 19.1. The zero-order chi connectivity index (χ0) is 19.2. The summed E-state index contributed by atoms with van der Waals surface area (Å²) in [7, 11) is 3.82. The zero-order valence-corrected chi connectivity index (χ0v) is 15.9. The lowest BCUT2D eigenvalue weighted by molar-refractivity contribution is 0.206. The summed E-state index contributed by atoms with van der Waals surface area (Å²) in [4.78, 5) is 22.9. The summed E-state index contributed by atoms with van der Waals surface area (Å²) in [6.45, 7) is 4.79. The van der Waals surface area contributed by atoms with Crippen LogP contribution in [0.4, 0.5) is 15.0 Å².